The third-order valence-electron chi connectivity index (χ3n) is 2.05. The Morgan fingerprint density at radius 3 is 2.62 bits per heavy atom. The Morgan fingerprint density at radius 1 is 1.46 bits per heavy atom. The average Bonchev–Trinajstić information content (AvgIpc) is 2.16. The van der Waals surface area contributed by atoms with Gasteiger partial charge in [0.15, 0.2) is 0 Å². The smallest absolute Gasteiger partial charge is 0.126 e. The van der Waals surface area contributed by atoms with Crippen molar-refractivity contribution >= 4 is 6.08 Å². The molecule has 1 rings (SSSR count). The summed E-state index contributed by atoms with van der Waals surface area (Å²) < 4.78 is 5.23. The third-order valence-corrected chi connectivity index (χ3v) is 2.05. The predicted molar refractivity (Wildman–Crippen MR) is 56.9 cm³/mol. The molecule has 1 aromatic rings. The second-order valence-electron chi connectivity index (χ2n) is 3.07. The highest BCUT2D eigenvalue weighted by atomic mass is 16.5. The van der Waals surface area contributed by atoms with Crippen molar-refractivity contribution in [1.29, 1.82) is 0 Å². The van der Waals surface area contributed by atoms with E-state index >= 15 is 0 Å². The maximum atomic E-state index is 5.23. The normalized spacial score (nSPS) is 10.2. The van der Waals surface area contributed by atoms with Crippen LogP contribution in [0.25, 0.3) is 6.08 Å². The van der Waals surface area contributed by atoms with Gasteiger partial charge in [0.1, 0.15) is 5.75 Å². The molecule has 13 heavy (non-hydrogen) atoms. The van der Waals surface area contributed by atoms with Gasteiger partial charge in [0.2, 0.25) is 0 Å². The maximum absolute atomic E-state index is 5.23. The molecular formula is C12H15O. The molecule has 0 amide bonds. The number of hydrogen-bond acceptors (Lipinski definition) is 1. The predicted octanol–water partition coefficient (Wildman–Crippen LogP) is 3.28. The van der Waals surface area contributed by atoms with Gasteiger partial charge in [0.25, 0.3) is 0 Å². The van der Waals surface area contributed by atoms with Crippen molar-refractivity contribution in [2.75, 3.05) is 7.11 Å². The fraction of sp³-hybridized carbons (Fsp3) is 0.250. The molecule has 0 saturated heterocycles. The van der Waals surface area contributed by atoms with Crippen LogP contribution >= 0.6 is 0 Å². The largest absolute Gasteiger partial charge is 0.496 e. The van der Waals surface area contributed by atoms with Crippen molar-refractivity contribution in [2.45, 2.75) is 12.8 Å². The first-order valence-corrected chi connectivity index (χ1v) is 4.33. The SMILES string of the molecule is [CH2]C(C)c1cccc(OC)c1C=C. The van der Waals surface area contributed by atoms with Gasteiger partial charge in [-0.25, -0.2) is 0 Å². The lowest BCUT2D eigenvalue weighted by Gasteiger charge is -2.12. The molecule has 69 valence electrons. The van der Waals surface area contributed by atoms with Crippen LogP contribution in [0.3, 0.4) is 0 Å². The van der Waals surface area contributed by atoms with Crippen molar-refractivity contribution in [2.24, 2.45) is 0 Å². The topological polar surface area (TPSA) is 9.23 Å². The second kappa shape index (κ2) is 4.13. The molecule has 0 fully saturated rings. The van der Waals surface area contributed by atoms with Crippen molar-refractivity contribution in [1.82, 2.24) is 0 Å². The van der Waals surface area contributed by atoms with Gasteiger partial charge in [-0.2, -0.15) is 0 Å². The van der Waals surface area contributed by atoms with E-state index in [2.05, 4.69) is 26.5 Å². The summed E-state index contributed by atoms with van der Waals surface area (Å²) in [4.78, 5) is 0. The lowest BCUT2D eigenvalue weighted by Crippen LogP contribution is -1.95. The van der Waals surface area contributed by atoms with Gasteiger partial charge in [-0.3, -0.25) is 0 Å². The summed E-state index contributed by atoms with van der Waals surface area (Å²) in [5.74, 6) is 1.12. The van der Waals surface area contributed by atoms with Gasteiger partial charge in [0.05, 0.1) is 7.11 Å². The Bertz CT molecular complexity index is 300. The van der Waals surface area contributed by atoms with Gasteiger partial charge < -0.3 is 4.74 Å². The number of ether oxygens (including phenoxy) is 1. The Labute approximate surface area is 80.0 Å². The summed E-state index contributed by atoms with van der Waals surface area (Å²) in [5, 5.41) is 0. The highest BCUT2D eigenvalue weighted by Crippen LogP contribution is 2.28. The van der Waals surface area contributed by atoms with E-state index in [9.17, 15) is 0 Å². The fourth-order valence-corrected chi connectivity index (χ4v) is 1.39. The molecule has 0 aliphatic rings. The Kier molecular flexibility index (Phi) is 3.13. The van der Waals surface area contributed by atoms with Crippen molar-refractivity contribution in [3.05, 3.63) is 42.8 Å². The number of hydrogen-bond donors (Lipinski definition) is 0. The van der Waals surface area contributed by atoms with Crippen LogP contribution in [0.5, 0.6) is 5.75 Å². The number of methoxy groups -OCH3 is 1. The minimum atomic E-state index is 0.253. The van der Waals surface area contributed by atoms with E-state index in [-0.39, 0.29) is 5.92 Å². The van der Waals surface area contributed by atoms with Crippen LogP contribution in [0.2, 0.25) is 0 Å². The summed E-state index contributed by atoms with van der Waals surface area (Å²) in [6, 6.07) is 5.96. The van der Waals surface area contributed by atoms with Crippen LogP contribution in [0, 0.1) is 6.92 Å². The number of benzene rings is 1. The van der Waals surface area contributed by atoms with E-state index in [1.807, 2.05) is 18.2 Å². The van der Waals surface area contributed by atoms with E-state index in [1.54, 1.807) is 7.11 Å². The van der Waals surface area contributed by atoms with E-state index in [0.717, 1.165) is 11.3 Å². The first-order valence-electron chi connectivity index (χ1n) is 4.33. The van der Waals surface area contributed by atoms with E-state index in [1.165, 1.54) is 5.56 Å². The van der Waals surface area contributed by atoms with E-state index < -0.39 is 0 Å². The molecule has 0 aliphatic heterocycles. The molecule has 0 spiro atoms. The van der Waals surface area contributed by atoms with Gasteiger partial charge in [-0.1, -0.05) is 31.7 Å². The van der Waals surface area contributed by atoms with Gasteiger partial charge in [0, 0.05) is 5.56 Å². The summed E-state index contributed by atoms with van der Waals surface area (Å²) in [6.07, 6.45) is 1.82. The van der Waals surface area contributed by atoms with Crippen molar-refractivity contribution in [3.8, 4) is 5.75 Å². The zero-order valence-electron chi connectivity index (χ0n) is 8.21. The van der Waals surface area contributed by atoms with E-state index in [0.29, 0.717) is 0 Å². The minimum absolute atomic E-state index is 0.253. The highest BCUT2D eigenvalue weighted by Gasteiger charge is 2.07. The summed E-state index contributed by atoms with van der Waals surface area (Å²) in [6.45, 7) is 9.82. The first-order chi connectivity index (χ1) is 6.20. The molecule has 0 heterocycles. The monoisotopic (exact) mass is 175 g/mol. The zero-order chi connectivity index (χ0) is 9.84. The molecule has 0 aromatic heterocycles. The van der Waals surface area contributed by atoms with Crippen LogP contribution in [0.4, 0.5) is 0 Å². The first kappa shape index (κ1) is 9.85. The molecule has 0 saturated carbocycles. The quantitative estimate of drug-likeness (QED) is 0.685. The van der Waals surface area contributed by atoms with Crippen molar-refractivity contribution < 1.29 is 4.74 Å². The lowest BCUT2D eigenvalue weighted by atomic mass is 9.96. The number of rotatable bonds is 3. The molecule has 1 atom stereocenters. The van der Waals surface area contributed by atoms with E-state index in [4.69, 9.17) is 4.74 Å². The fourth-order valence-electron chi connectivity index (χ4n) is 1.39. The standard InChI is InChI=1S/C12H15O/c1-5-10-11(9(2)3)7-6-8-12(10)13-4/h5-9H,1-2H2,3-4H3. The van der Waals surface area contributed by atoms with Gasteiger partial charge in [-0.05, 0) is 24.5 Å². The maximum Gasteiger partial charge on any atom is 0.126 e. The molecule has 1 nitrogen and oxygen atoms in total. The second-order valence-corrected chi connectivity index (χ2v) is 3.07. The van der Waals surface area contributed by atoms with Crippen LogP contribution in [-0.2, 0) is 0 Å². The van der Waals surface area contributed by atoms with Crippen LogP contribution in [0.15, 0.2) is 24.8 Å². The molecule has 0 bridgehead atoms. The Hall–Kier alpha value is -1.24. The molecule has 1 unspecified atom stereocenters. The average molecular weight is 175 g/mol. The molecular weight excluding hydrogens is 160 g/mol. The Balaban J connectivity index is 3.27. The van der Waals surface area contributed by atoms with Crippen LogP contribution < -0.4 is 4.74 Å². The highest BCUT2D eigenvalue weighted by molar-refractivity contribution is 5.60. The lowest BCUT2D eigenvalue weighted by molar-refractivity contribution is 0.413. The zero-order valence-corrected chi connectivity index (χ0v) is 8.21. The van der Waals surface area contributed by atoms with Crippen LogP contribution in [-0.4, -0.2) is 7.11 Å². The Morgan fingerprint density at radius 2 is 2.15 bits per heavy atom. The minimum Gasteiger partial charge on any atom is -0.496 e. The van der Waals surface area contributed by atoms with Crippen LogP contribution in [0.1, 0.15) is 24.0 Å². The summed E-state index contributed by atoms with van der Waals surface area (Å²) in [5.41, 5.74) is 2.22. The molecule has 1 heteroatoms. The molecule has 0 aliphatic carbocycles. The molecule has 1 radical (unpaired) electrons. The summed E-state index contributed by atoms with van der Waals surface area (Å²) in [7, 11) is 1.67. The van der Waals surface area contributed by atoms with Crippen molar-refractivity contribution in [3.63, 3.8) is 0 Å². The van der Waals surface area contributed by atoms with Gasteiger partial charge in [-0.15, -0.1) is 0 Å². The molecule has 0 N–H and O–H groups in total. The molecule has 1 aromatic carbocycles. The summed E-state index contributed by atoms with van der Waals surface area (Å²) >= 11 is 0. The van der Waals surface area contributed by atoms with Gasteiger partial charge >= 0.3 is 0 Å². The third kappa shape index (κ3) is 1.92.